The van der Waals surface area contributed by atoms with Gasteiger partial charge in [0.25, 0.3) is 0 Å². The number of ether oxygens (including phenoxy) is 1. The molecule has 100 valence electrons. The molecule has 0 bridgehead atoms. The lowest BCUT2D eigenvalue weighted by atomic mass is 9.94. The molecule has 0 unspecified atom stereocenters. The van der Waals surface area contributed by atoms with Gasteiger partial charge in [0.2, 0.25) is 0 Å². The number of benzene rings is 1. The van der Waals surface area contributed by atoms with E-state index in [1.54, 1.807) is 26.0 Å². The maximum atomic E-state index is 13.8. The second-order valence-electron chi connectivity index (χ2n) is 4.11. The fourth-order valence-electron chi connectivity index (χ4n) is 1.66. The van der Waals surface area contributed by atoms with Crippen molar-refractivity contribution >= 4 is 5.97 Å². The van der Waals surface area contributed by atoms with Crippen LogP contribution in [0, 0.1) is 13.8 Å². The van der Waals surface area contributed by atoms with Gasteiger partial charge in [-0.2, -0.15) is 8.78 Å². The number of esters is 1. The second-order valence-corrected chi connectivity index (χ2v) is 4.11. The average molecular weight is 257 g/mol. The number of carbonyl (C=O) groups is 1. The summed E-state index contributed by atoms with van der Waals surface area (Å²) in [5, 5.41) is 0. The van der Waals surface area contributed by atoms with Crippen molar-refractivity contribution < 1.29 is 18.3 Å². The first-order chi connectivity index (χ1) is 8.32. The van der Waals surface area contributed by atoms with E-state index in [1.807, 2.05) is 0 Å². The molecular formula is C13H17F2NO2. The molecular weight excluding hydrogens is 240 g/mol. The van der Waals surface area contributed by atoms with Gasteiger partial charge in [-0.05, 0) is 37.5 Å². The van der Waals surface area contributed by atoms with Gasteiger partial charge in [-0.3, -0.25) is 0 Å². The SMILES string of the molecule is CCOC(=O)C(F)(F)[C@H](N)c1cccc(C)c1C. The Balaban J connectivity index is 3.09. The number of aryl methyl sites for hydroxylation is 1. The van der Waals surface area contributed by atoms with Crippen molar-refractivity contribution in [1.29, 1.82) is 0 Å². The van der Waals surface area contributed by atoms with Crippen LogP contribution in [0.1, 0.15) is 29.7 Å². The van der Waals surface area contributed by atoms with E-state index in [9.17, 15) is 13.6 Å². The summed E-state index contributed by atoms with van der Waals surface area (Å²) in [6, 6.07) is 3.24. The first kappa shape index (κ1) is 14.6. The molecule has 1 aromatic rings. The molecule has 0 aliphatic heterocycles. The summed E-state index contributed by atoms with van der Waals surface area (Å²) < 4.78 is 31.9. The summed E-state index contributed by atoms with van der Waals surface area (Å²) in [6.45, 7) is 4.87. The number of halogens is 2. The Kier molecular flexibility index (Phi) is 4.40. The van der Waals surface area contributed by atoms with Crippen LogP contribution >= 0.6 is 0 Å². The van der Waals surface area contributed by atoms with Gasteiger partial charge in [0.15, 0.2) is 0 Å². The number of nitrogens with two attached hydrogens (primary N) is 1. The lowest BCUT2D eigenvalue weighted by molar-refractivity contribution is -0.174. The number of alkyl halides is 2. The Morgan fingerprint density at radius 2 is 2.06 bits per heavy atom. The van der Waals surface area contributed by atoms with E-state index in [4.69, 9.17) is 5.73 Å². The highest BCUT2D eigenvalue weighted by molar-refractivity contribution is 5.79. The lowest BCUT2D eigenvalue weighted by Gasteiger charge is -2.23. The number of carbonyl (C=O) groups excluding carboxylic acids is 1. The first-order valence-corrected chi connectivity index (χ1v) is 5.69. The summed E-state index contributed by atoms with van der Waals surface area (Å²) in [7, 11) is 0. The minimum Gasteiger partial charge on any atom is -0.462 e. The van der Waals surface area contributed by atoms with E-state index in [2.05, 4.69) is 4.74 Å². The average Bonchev–Trinajstić information content (AvgIpc) is 2.32. The molecule has 1 aromatic carbocycles. The van der Waals surface area contributed by atoms with E-state index in [0.717, 1.165) is 5.56 Å². The van der Waals surface area contributed by atoms with Crippen LogP contribution in [0.15, 0.2) is 18.2 Å². The molecule has 0 aliphatic carbocycles. The second kappa shape index (κ2) is 5.44. The summed E-state index contributed by atoms with van der Waals surface area (Å²) in [6.07, 6.45) is 0. The minimum absolute atomic E-state index is 0.103. The number of hydrogen-bond acceptors (Lipinski definition) is 3. The predicted octanol–water partition coefficient (Wildman–Crippen LogP) is 2.50. The van der Waals surface area contributed by atoms with E-state index >= 15 is 0 Å². The van der Waals surface area contributed by atoms with Crippen molar-refractivity contribution in [3.8, 4) is 0 Å². The highest BCUT2D eigenvalue weighted by Crippen LogP contribution is 2.32. The summed E-state index contributed by atoms with van der Waals surface area (Å²) in [5.41, 5.74) is 7.29. The predicted molar refractivity (Wildman–Crippen MR) is 64.4 cm³/mol. The molecule has 1 rings (SSSR count). The van der Waals surface area contributed by atoms with E-state index in [1.165, 1.54) is 13.0 Å². The third-order valence-electron chi connectivity index (χ3n) is 2.92. The fraction of sp³-hybridized carbons (Fsp3) is 0.462. The monoisotopic (exact) mass is 257 g/mol. The molecule has 18 heavy (non-hydrogen) atoms. The summed E-state index contributed by atoms with van der Waals surface area (Å²) >= 11 is 0. The topological polar surface area (TPSA) is 52.3 Å². The Morgan fingerprint density at radius 1 is 1.44 bits per heavy atom. The van der Waals surface area contributed by atoms with Crippen LogP contribution in [-0.2, 0) is 9.53 Å². The summed E-state index contributed by atoms with van der Waals surface area (Å²) in [5.74, 6) is -5.31. The zero-order valence-corrected chi connectivity index (χ0v) is 10.7. The van der Waals surface area contributed by atoms with Gasteiger partial charge in [0, 0.05) is 0 Å². The Bertz CT molecular complexity index is 447. The van der Waals surface area contributed by atoms with E-state index in [-0.39, 0.29) is 12.2 Å². The third kappa shape index (κ3) is 2.67. The Morgan fingerprint density at radius 3 is 2.61 bits per heavy atom. The molecule has 2 N–H and O–H groups in total. The zero-order chi connectivity index (χ0) is 13.9. The molecule has 0 radical (unpaired) electrons. The van der Waals surface area contributed by atoms with Crippen molar-refractivity contribution in [2.24, 2.45) is 5.73 Å². The van der Waals surface area contributed by atoms with Crippen LogP contribution in [-0.4, -0.2) is 18.5 Å². The van der Waals surface area contributed by atoms with Crippen LogP contribution in [0.25, 0.3) is 0 Å². The molecule has 5 heteroatoms. The van der Waals surface area contributed by atoms with Crippen molar-refractivity contribution in [1.82, 2.24) is 0 Å². The molecule has 0 fully saturated rings. The fourth-order valence-corrected chi connectivity index (χ4v) is 1.66. The van der Waals surface area contributed by atoms with Crippen molar-refractivity contribution in [2.45, 2.75) is 32.7 Å². The molecule has 1 atom stereocenters. The Labute approximate surface area is 105 Å². The standard InChI is InChI=1S/C13H17F2NO2/c1-4-18-12(17)13(14,15)11(16)10-7-5-6-8(2)9(10)3/h5-7,11H,4,16H2,1-3H3/t11-/m1/s1. The molecule has 0 aliphatic rings. The zero-order valence-electron chi connectivity index (χ0n) is 10.7. The maximum Gasteiger partial charge on any atom is 0.379 e. The summed E-state index contributed by atoms with van der Waals surface area (Å²) in [4.78, 5) is 11.2. The Hall–Kier alpha value is -1.49. The van der Waals surface area contributed by atoms with Gasteiger partial charge in [-0.1, -0.05) is 18.2 Å². The van der Waals surface area contributed by atoms with Crippen molar-refractivity contribution in [2.75, 3.05) is 6.61 Å². The smallest absolute Gasteiger partial charge is 0.379 e. The van der Waals surface area contributed by atoms with E-state index < -0.39 is 17.9 Å². The molecule has 0 saturated carbocycles. The molecule has 0 amide bonds. The molecule has 0 saturated heterocycles. The molecule has 3 nitrogen and oxygen atoms in total. The van der Waals surface area contributed by atoms with Crippen LogP contribution in [0.3, 0.4) is 0 Å². The normalized spacial score (nSPS) is 13.2. The highest BCUT2D eigenvalue weighted by Gasteiger charge is 2.48. The largest absolute Gasteiger partial charge is 0.462 e. The number of hydrogen-bond donors (Lipinski definition) is 1. The van der Waals surface area contributed by atoms with E-state index in [0.29, 0.717) is 5.56 Å². The lowest BCUT2D eigenvalue weighted by Crippen LogP contribution is -2.42. The highest BCUT2D eigenvalue weighted by atomic mass is 19.3. The quantitative estimate of drug-likeness (QED) is 0.843. The van der Waals surface area contributed by atoms with Crippen molar-refractivity contribution in [3.63, 3.8) is 0 Å². The van der Waals surface area contributed by atoms with Gasteiger partial charge in [-0.15, -0.1) is 0 Å². The minimum atomic E-state index is -3.73. The van der Waals surface area contributed by atoms with Crippen LogP contribution < -0.4 is 5.73 Å². The molecule has 0 aromatic heterocycles. The van der Waals surface area contributed by atoms with Gasteiger partial charge < -0.3 is 10.5 Å². The van der Waals surface area contributed by atoms with Gasteiger partial charge in [0.1, 0.15) is 6.04 Å². The van der Waals surface area contributed by atoms with Crippen LogP contribution in [0.4, 0.5) is 8.78 Å². The van der Waals surface area contributed by atoms with Gasteiger partial charge in [-0.25, -0.2) is 4.79 Å². The molecule has 0 spiro atoms. The maximum absolute atomic E-state index is 13.8. The molecule has 0 heterocycles. The van der Waals surface area contributed by atoms with Gasteiger partial charge in [0.05, 0.1) is 6.61 Å². The van der Waals surface area contributed by atoms with Crippen molar-refractivity contribution in [3.05, 3.63) is 34.9 Å². The third-order valence-corrected chi connectivity index (χ3v) is 2.92. The van der Waals surface area contributed by atoms with Crippen LogP contribution in [0.5, 0.6) is 0 Å². The van der Waals surface area contributed by atoms with Gasteiger partial charge >= 0.3 is 11.9 Å². The van der Waals surface area contributed by atoms with Crippen LogP contribution in [0.2, 0.25) is 0 Å². The first-order valence-electron chi connectivity index (χ1n) is 5.69. The number of rotatable bonds is 4.